The largest absolute Gasteiger partial charge is 0.310 e. The van der Waals surface area contributed by atoms with Crippen molar-refractivity contribution in [3.8, 4) is 33.4 Å². The summed E-state index contributed by atoms with van der Waals surface area (Å²) in [5.41, 5.74) is 39.3. The fourth-order valence-electron chi connectivity index (χ4n) is 33.2. The number of hydrogen-bond acceptors (Lipinski definition) is 3. The molecule has 12 aromatic carbocycles. The number of benzene rings is 12. The average Bonchev–Trinajstić information content (AvgIpc) is 1.59. The summed E-state index contributed by atoms with van der Waals surface area (Å²) < 4.78 is 0. The van der Waals surface area contributed by atoms with Crippen LogP contribution in [0.15, 0.2) is 273 Å². The molecule has 18 aliphatic rings. The monoisotopic (exact) mass is 1730 g/mol. The molecule has 0 aromatic heterocycles. The van der Waals surface area contributed by atoms with Gasteiger partial charge in [-0.25, -0.2) is 0 Å². The van der Waals surface area contributed by atoms with Crippen LogP contribution in [0.1, 0.15) is 338 Å². The van der Waals surface area contributed by atoms with Gasteiger partial charge in [-0.05, 0) is 445 Å². The summed E-state index contributed by atoms with van der Waals surface area (Å²) in [6, 6.07) is 107. The number of hydrogen-bond donors (Lipinski definition) is 0. The molecule has 0 amide bonds. The molecule has 15 fully saturated rings. The van der Waals surface area contributed by atoms with E-state index in [1.165, 1.54) is 347 Å². The topological polar surface area (TPSA) is 9.72 Å². The molecule has 18 aliphatic carbocycles. The van der Waals surface area contributed by atoms with Crippen LogP contribution in [0.2, 0.25) is 0 Å². The van der Waals surface area contributed by atoms with E-state index in [9.17, 15) is 0 Å². The second-order valence-electron chi connectivity index (χ2n) is 47.7. The van der Waals surface area contributed by atoms with Crippen LogP contribution in [0.25, 0.3) is 33.4 Å². The van der Waals surface area contributed by atoms with Gasteiger partial charge in [-0.3, -0.25) is 0 Å². The third-order valence-electron chi connectivity index (χ3n) is 38.4. The summed E-state index contributed by atoms with van der Waals surface area (Å²) in [4.78, 5) is 7.72. The lowest BCUT2D eigenvalue weighted by Gasteiger charge is -2.57. The van der Waals surface area contributed by atoms with Gasteiger partial charge in [0.2, 0.25) is 0 Å². The zero-order valence-electron chi connectivity index (χ0n) is 80.1. The second-order valence-corrected chi connectivity index (χ2v) is 47.7. The molecule has 0 atom stereocenters. The van der Waals surface area contributed by atoms with Crippen LogP contribution in [-0.4, -0.2) is 0 Å². The van der Waals surface area contributed by atoms with Crippen LogP contribution in [-0.2, 0) is 32.5 Å². The number of rotatable bonds is 15. The Balaban J connectivity index is 0.000000106. The molecule has 12 aromatic rings. The maximum Gasteiger partial charge on any atom is 0.0496 e. The summed E-state index contributed by atoms with van der Waals surface area (Å²) in [5.74, 6) is 10.7. The maximum absolute atomic E-state index is 2.60. The van der Waals surface area contributed by atoms with E-state index >= 15 is 0 Å². The maximum atomic E-state index is 2.60. The van der Waals surface area contributed by atoms with E-state index in [2.05, 4.69) is 329 Å². The Morgan fingerprint density at radius 1 is 0.205 bits per heavy atom. The fraction of sp³-hybridized carbons (Fsp3) is 0.442. The molecule has 0 saturated heterocycles. The van der Waals surface area contributed by atoms with Gasteiger partial charge in [-0.15, -0.1) is 0 Å². The molecule has 0 heterocycles. The Bertz CT molecular complexity index is 6220. The minimum absolute atomic E-state index is 0.0140. The second kappa shape index (κ2) is 33.0. The van der Waals surface area contributed by atoms with E-state index in [1.807, 2.05) is 0 Å². The van der Waals surface area contributed by atoms with Crippen LogP contribution in [0.4, 0.5) is 51.2 Å². The van der Waals surface area contributed by atoms with Crippen molar-refractivity contribution < 1.29 is 0 Å². The van der Waals surface area contributed by atoms with Gasteiger partial charge >= 0.3 is 0 Å². The van der Waals surface area contributed by atoms with Gasteiger partial charge in [0.1, 0.15) is 0 Å². The van der Waals surface area contributed by atoms with Crippen molar-refractivity contribution in [2.75, 3.05) is 14.7 Å². The van der Waals surface area contributed by atoms with Crippen molar-refractivity contribution >= 4 is 51.2 Å². The van der Waals surface area contributed by atoms with E-state index in [1.54, 1.807) is 16.7 Å². The normalized spacial score (nSPS) is 28.1. The van der Waals surface area contributed by atoms with E-state index in [0.717, 1.165) is 59.2 Å². The lowest BCUT2D eigenvalue weighted by molar-refractivity contribution is -0.00530. The van der Waals surface area contributed by atoms with Gasteiger partial charge in [0.05, 0.1) is 0 Å². The highest BCUT2D eigenvalue weighted by Gasteiger charge is 2.55. The number of fused-ring (bicyclic) bond motifs is 9. The lowest BCUT2D eigenvalue weighted by Crippen LogP contribution is -2.48. The molecule has 0 N–H and O–H groups in total. The molecular formula is C129H141N3. The Kier molecular flexibility index (Phi) is 20.9. The SMILES string of the molecule is CC1(C)c2ccccc2-c2ccc(N(c3ccc(C45CC6CC(CC(C6)C4)C5)cc3)c3cccc(C4CCCCC4)c3)cc21.CC1(C)c2ccccc2-c2ccc(N(c3ccc(C45CC6CC(CC(C6)C4)C5)cc3)c3ccccc3C3CCCCC3)cc21.CC1(C)c2ccccc2-c2ccc(N(c3ccc(C4CCCCC4)cc3)c3cccc(C45CC6CC(CC(C6)C4)C5)c3)cc21. The molecule has 132 heavy (non-hydrogen) atoms. The van der Waals surface area contributed by atoms with Crippen molar-refractivity contribution in [2.45, 2.75) is 304 Å². The first-order chi connectivity index (χ1) is 64.4. The van der Waals surface area contributed by atoms with Gasteiger partial charge in [0.15, 0.2) is 0 Å². The van der Waals surface area contributed by atoms with Crippen molar-refractivity contribution in [1.29, 1.82) is 0 Å². The van der Waals surface area contributed by atoms with Crippen molar-refractivity contribution in [3.05, 3.63) is 340 Å². The highest BCUT2D eigenvalue weighted by Crippen LogP contribution is 2.66. The van der Waals surface area contributed by atoms with Gasteiger partial charge in [0.25, 0.3) is 0 Å². The highest BCUT2D eigenvalue weighted by molar-refractivity contribution is 5.90. The summed E-state index contributed by atoms with van der Waals surface area (Å²) in [6.45, 7) is 14.4. The third kappa shape index (κ3) is 14.5. The first kappa shape index (κ1) is 83.8. The summed E-state index contributed by atoms with van der Waals surface area (Å²) >= 11 is 0. The molecule has 3 nitrogen and oxygen atoms in total. The smallest absolute Gasteiger partial charge is 0.0496 e. The van der Waals surface area contributed by atoms with Gasteiger partial charge < -0.3 is 14.7 Å². The molecule has 12 bridgehead atoms. The zero-order chi connectivity index (χ0) is 88.4. The quantitative estimate of drug-likeness (QED) is 0.101. The Hall–Kier alpha value is -9.96. The van der Waals surface area contributed by atoms with E-state index in [0.29, 0.717) is 28.1 Å². The molecule has 0 spiro atoms. The molecule has 672 valence electrons. The average molecular weight is 1730 g/mol. The van der Waals surface area contributed by atoms with E-state index in [4.69, 9.17) is 0 Å². The Labute approximate surface area is 790 Å². The van der Waals surface area contributed by atoms with Crippen LogP contribution >= 0.6 is 0 Å². The number of nitrogens with zero attached hydrogens (tertiary/aromatic N) is 3. The fourth-order valence-corrected chi connectivity index (χ4v) is 33.2. The summed E-state index contributed by atoms with van der Waals surface area (Å²) in [7, 11) is 0. The van der Waals surface area contributed by atoms with Crippen LogP contribution in [0, 0.1) is 53.3 Å². The van der Waals surface area contributed by atoms with E-state index in [-0.39, 0.29) is 16.2 Å². The van der Waals surface area contributed by atoms with Crippen molar-refractivity contribution in [1.82, 2.24) is 0 Å². The van der Waals surface area contributed by atoms with Gasteiger partial charge in [-0.2, -0.15) is 0 Å². The standard InChI is InChI=1S/3C43H47N/c1-42(2)39-14-8-6-13-37(39)38-21-20-35(25-40(38)42)44(41-15-9-7-12-36(41)32-10-4-3-5-11-32)34-18-16-33(17-19-34)43-26-29-22-30(27-43)24-31(23-29)28-43;1-42(2)40-14-7-6-13-38(40)39-20-19-37(25-41(39)42)44(35-17-15-33(16-18-35)32-9-4-3-5-10-32)36-12-8-11-34(24-36)43-26-29-21-30(27-43)23-31(22-29)28-43;1-42(2)40-14-7-6-13-38(40)39-20-19-37(25-41(39)42)44(36-12-8-11-33(24-36)32-9-4-3-5-10-32)35-17-15-34(16-18-35)43-26-29-21-30(27-43)23-31(22-29)28-43/h6-9,12-21,25,29-32H,3-5,10-11,22-24,26-28H2,1-2H3;2*6-8,11-20,24-25,29-32H,3-5,9-10,21-23,26-28H2,1-2H3. The van der Waals surface area contributed by atoms with Crippen LogP contribution < -0.4 is 14.7 Å². The van der Waals surface area contributed by atoms with Crippen molar-refractivity contribution in [2.24, 2.45) is 53.3 Å². The van der Waals surface area contributed by atoms with Crippen LogP contribution in [0.3, 0.4) is 0 Å². The molecule has 3 heteroatoms. The van der Waals surface area contributed by atoms with Gasteiger partial charge in [0, 0.05) is 67.4 Å². The Morgan fingerprint density at radius 3 is 0.902 bits per heavy atom. The van der Waals surface area contributed by atoms with Gasteiger partial charge in [-0.1, -0.05) is 269 Å². The molecule has 30 rings (SSSR count). The minimum Gasteiger partial charge on any atom is -0.310 e. The molecule has 0 unspecified atom stereocenters. The zero-order valence-corrected chi connectivity index (χ0v) is 80.1. The first-order valence-electron chi connectivity index (χ1n) is 53.2. The predicted molar refractivity (Wildman–Crippen MR) is 553 cm³/mol. The lowest BCUT2D eigenvalue weighted by atomic mass is 9.48. The predicted octanol–water partition coefficient (Wildman–Crippen LogP) is 35.9. The molecular weight excluding hydrogens is 1590 g/mol. The molecule has 0 radical (unpaired) electrons. The molecule has 15 saturated carbocycles. The van der Waals surface area contributed by atoms with Crippen molar-refractivity contribution in [3.63, 3.8) is 0 Å². The number of para-hydroxylation sites is 1. The summed E-state index contributed by atoms with van der Waals surface area (Å²) in [6.07, 6.45) is 46.6. The third-order valence-corrected chi connectivity index (χ3v) is 38.4. The summed E-state index contributed by atoms with van der Waals surface area (Å²) in [5, 5.41) is 0. The minimum atomic E-state index is -0.0150. The molecule has 0 aliphatic heterocycles. The Morgan fingerprint density at radius 2 is 0.500 bits per heavy atom. The number of anilines is 9. The first-order valence-corrected chi connectivity index (χ1v) is 53.2. The van der Waals surface area contributed by atoms with E-state index < -0.39 is 0 Å². The highest BCUT2D eigenvalue weighted by atomic mass is 15.2. The van der Waals surface area contributed by atoms with Crippen LogP contribution in [0.5, 0.6) is 0 Å².